The van der Waals surface area contributed by atoms with Gasteiger partial charge < -0.3 is 10.6 Å². The summed E-state index contributed by atoms with van der Waals surface area (Å²) in [6.45, 7) is 2.63. The summed E-state index contributed by atoms with van der Waals surface area (Å²) in [6.07, 6.45) is 2.79. The zero-order chi connectivity index (χ0) is 12.8. The lowest BCUT2D eigenvalue weighted by Gasteiger charge is -2.21. The topological polar surface area (TPSA) is 41.1 Å². The molecule has 0 saturated carbocycles. The van der Waals surface area contributed by atoms with E-state index in [1.54, 1.807) is 0 Å². The fourth-order valence-corrected chi connectivity index (χ4v) is 2.73. The highest BCUT2D eigenvalue weighted by molar-refractivity contribution is 9.10. The molecule has 1 saturated heterocycles. The second kappa shape index (κ2) is 6.90. The molecule has 0 spiro atoms. The lowest BCUT2D eigenvalue weighted by atomic mass is 9.97. The van der Waals surface area contributed by atoms with Crippen molar-refractivity contribution in [1.29, 1.82) is 0 Å². The smallest absolute Gasteiger partial charge is 0.223 e. The summed E-state index contributed by atoms with van der Waals surface area (Å²) >= 11 is 3.52. The lowest BCUT2D eigenvalue weighted by Crippen LogP contribution is -2.38. The van der Waals surface area contributed by atoms with Crippen molar-refractivity contribution in [3.63, 3.8) is 0 Å². The molecule has 1 amide bonds. The standard InChI is InChI=1S/C14H19BrN2O/c15-13-4-2-1-3-11(13)7-10-17-14(18)12-5-8-16-9-6-12/h1-4,12,16H,5-10H2,(H,17,18). The lowest BCUT2D eigenvalue weighted by molar-refractivity contribution is -0.125. The molecule has 1 aliphatic rings. The van der Waals surface area contributed by atoms with Gasteiger partial charge in [0.1, 0.15) is 0 Å². The number of carbonyl (C=O) groups excluding carboxylic acids is 1. The zero-order valence-corrected chi connectivity index (χ0v) is 12.0. The molecule has 1 aromatic rings. The summed E-state index contributed by atoms with van der Waals surface area (Å²) < 4.78 is 1.11. The number of piperidine rings is 1. The van der Waals surface area contributed by atoms with Crippen LogP contribution in [0.2, 0.25) is 0 Å². The van der Waals surface area contributed by atoms with Crippen LogP contribution in [0.5, 0.6) is 0 Å². The molecule has 0 aromatic heterocycles. The Morgan fingerprint density at radius 1 is 1.33 bits per heavy atom. The average molecular weight is 311 g/mol. The summed E-state index contributed by atoms with van der Waals surface area (Å²) in [6, 6.07) is 8.14. The number of hydrogen-bond acceptors (Lipinski definition) is 2. The first-order valence-electron chi connectivity index (χ1n) is 6.49. The Hall–Kier alpha value is -0.870. The molecule has 2 rings (SSSR count). The Bertz CT molecular complexity index is 403. The minimum absolute atomic E-state index is 0.200. The van der Waals surface area contributed by atoms with Gasteiger partial charge in [0.25, 0.3) is 0 Å². The molecule has 98 valence electrons. The van der Waals surface area contributed by atoms with Crippen LogP contribution in [-0.2, 0) is 11.2 Å². The fraction of sp³-hybridized carbons (Fsp3) is 0.500. The van der Waals surface area contributed by atoms with Crippen molar-refractivity contribution in [3.8, 4) is 0 Å². The van der Waals surface area contributed by atoms with Gasteiger partial charge in [-0.2, -0.15) is 0 Å². The molecule has 1 heterocycles. The summed E-state index contributed by atoms with van der Waals surface area (Å²) in [4.78, 5) is 11.9. The monoisotopic (exact) mass is 310 g/mol. The minimum atomic E-state index is 0.200. The van der Waals surface area contributed by atoms with Gasteiger partial charge in [-0.05, 0) is 44.0 Å². The van der Waals surface area contributed by atoms with Crippen LogP contribution in [0.25, 0.3) is 0 Å². The van der Waals surface area contributed by atoms with E-state index in [1.807, 2.05) is 18.2 Å². The maximum atomic E-state index is 11.9. The molecule has 0 radical (unpaired) electrons. The number of rotatable bonds is 4. The maximum absolute atomic E-state index is 11.9. The first-order chi connectivity index (χ1) is 8.77. The molecule has 4 heteroatoms. The highest BCUT2D eigenvalue weighted by Crippen LogP contribution is 2.16. The molecule has 18 heavy (non-hydrogen) atoms. The highest BCUT2D eigenvalue weighted by Gasteiger charge is 2.20. The van der Waals surface area contributed by atoms with Crippen molar-refractivity contribution in [2.24, 2.45) is 5.92 Å². The molecule has 0 bridgehead atoms. The Labute approximate surface area is 116 Å². The molecule has 1 aromatic carbocycles. The number of carbonyl (C=O) groups is 1. The van der Waals surface area contributed by atoms with Gasteiger partial charge in [-0.1, -0.05) is 34.1 Å². The van der Waals surface area contributed by atoms with Crippen LogP contribution in [0.15, 0.2) is 28.7 Å². The van der Waals surface area contributed by atoms with Crippen molar-refractivity contribution in [3.05, 3.63) is 34.3 Å². The van der Waals surface area contributed by atoms with E-state index < -0.39 is 0 Å². The van der Waals surface area contributed by atoms with Crippen LogP contribution >= 0.6 is 15.9 Å². The second-order valence-electron chi connectivity index (χ2n) is 4.66. The van der Waals surface area contributed by atoms with E-state index in [0.29, 0.717) is 6.54 Å². The Balaban J connectivity index is 1.75. The average Bonchev–Trinajstić information content (AvgIpc) is 2.42. The van der Waals surface area contributed by atoms with Crippen LogP contribution in [0.1, 0.15) is 18.4 Å². The van der Waals surface area contributed by atoms with E-state index in [9.17, 15) is 4.79 Å². The molecule has 1 aliphatic heterocycles. The SMILES string of the molecule is O=C(NCCc1ccccc1Br)C1CCNCC1. The molecule has 0 atom stereocenters. The van der Waals surface area contributed by atoms with Crippen molar-refractivity contribution < 1.29 is 4.79 Å². The number of benzene rings is 1. The number of hydrogen-bond donors (Lipinski definition) is 2. The van der Waals surface area contributed by atoms with Crippen molar-refractivity contribution in [1.82, 2.24) is 10.6 Å². The van der Waals surface area contributed by atoms with E-state index in [4.69, 9.17) is 0 Å². The molecule has 3 nitrogen and oxygen atoms in total. The zero-order valence-electron chi connectivity index (χ0n) is 10.4. The third kappa shape index (κ3) is 3.82. The van der Waals surface area contributed by atoms with E-state index >= 15 is 0 Å². The largest absolute Gasteiger partial charge is 0.356 e. The first-order valence-corrected chi connectivity index (χ1v) is 7.28. The predicted octanol–water partition coefficient (Wildman–Crippen LogP) is 2.11. The van der Waals surface area contributed by atoms with Gasteiger partial charge in [0.15, 0.2) is 0 Å². The van der Waals surface area contributed by atoms with E-state index in [0.717, 1.165) is 36.8 Å². The predicted molar refractivity (Wildman–Crippen MR) is 76.4 cm³/mol. The normalized spacial score (nSPS) is 16.5. The maximum Gasteiger partial charge on any atom is 0.223 e. The summed E-state index contributed by atoms with van der Waals surface area (Å²) in [5.41, 5.74) is 1.24. The van der Waals surface area contributed by atoms with Gasteiger partial charge in [0.05, 0.1) is 0 Å². The van der Waals surface area contributed by atoms with Crippen LogP contribution in [0.4, 0.5) is 0 Å². The molecular formula is C14H19BrN2O. The Kier molecular flexibility index (Phi) is 5.20. The molecule has 0 aliphatic carbocycles. The number of nitrogens with one attached hydrogen (secondary N) is 2. The van der Waals surface area contributed by atoms with Gasteiger partial charge in [-0.25, -0.2) is 0 Å². The third-order valence-corrected chi connectivity index (χ3v) is 4.13. The van der Waals surface area contributed by atoms with E-state index in [1.165, 1.54) is 5.56 Å². The third-order valence-electron chi connectivity index (χ3n) is 3.36. The molecular weight excluding hydrogens is 292 g/mol. The van der Waals surface area contributed by atoms with Gasteiger partial charge in [-0.15, -0.1) is 0 Å². The number of amides is 1. The molecule has 1 fully saturated rings. The Morgan fingerprint density at radius 2 is 2.06 bits per heavy atom. The summed E-state index contributed by atoms with van der Waals surface area (Å²) in [5, 5.41) is 6.31. The van der Waals surface area contributed by atoms with Gasteiger partial charge in [0.2, 0.25) is 5.91 Å². The van der Waals surface area contributed by atoms with E-state index in [2.05, 4.69) is 32.6 Å². The van der Waals surface area contributed by atoms with Gasteiger partial charge >= 0.3 is 0 Å². The quantitative estimate of drug-likeness (QED) is 0.894. The second-order valence-corrected chi connectivity index (χ2v) is 5.51. The van der Waals surface area contributed by atoms with Gasteiger partial charge in [0, 0.05) is 16.9 Å². The number of halogens is 1. The highest BCUT2D eigenvalue weighted by atomic mass is 79.9. The van der Waals surface area contributed by atoms with Crippen molar-refractivity contribution >= 4 is 21.8 Å². The van der Waals surface area contributed by atoms with Crippen molar-refractivity contribution in [2.45, 2.75) is 19.3 Å². The van der Waals surface area contributed by atoms with Gasteiger partial charge in [-0.3, -0.25) is 4.79 Å². The molecule has 0 unspecified atom stereocenters. The first kappa shape index (κ1) is 13.6. The molecule has 2 N–H and O–H groups in total. The summed E-state index contributed by atoms with van der Waals surface area (Å²) in [7, 11) is 0. The Morgan fingerprint density at radius 3 is 2.78 bits per heavy atom. The fourth-order valence-electron chi connectivity index (χ4n) is 2.25. The minimum Gasteiger partial charge on any atom is -0.356 e. The van der Waals surface area contributed by atoms with Crippen LogP contribution < -0.4 is 10.6 Å². The van der Waals surface area contributed by atoms with E-state index in [-0.39, 0.29) is 11.8 Å². The van der Waals surface area contributed by atoms with Crippen molar-refractivity contribution in [2.75, 3.05) is 19.6 Å². The van der Waals surface area contributed by atoms with Crippen LogP contribution in [-0.4, -0.2) is 25.5 Å². The van der Waals surface area contributed by atoms with Crippen LogP contribution in [0.3, 0.4) is 0 Å². The van der Waals surface area contributed by atoms with Crippen LogP contribution in [0, 0.1) is 5.92 Å². The summed E-state index contributed by atoms with van der Waals surface area (Å²) in [5.74, 6) is 0.411.